The van der Waals surface area contributed by atoms with Gasteiger partial charge in [-0.1, -0.05) is 5.16 Å². The van der Waals surface area contributed by atoms with Crippen molar-refractivity contribution in [2.24, 2.45) is 0 Å². The summed E-state index contributed by atoms with van der Waals surface area (Å²) in [5.74, 6) is -1.69. The van der Waals surface area contributed by atoms with E-state index in [0.29, 0.717) is 19.6 Å². The first-order valence-electron chi connectivity index (χ1n) is 5.50. The van der Waals surface area contributed by atoms with Gasteiger partial charge in [-0.2, -0.15) is 0 Å². The van der Waals surface area contributed by atoms with Gasteiger partial charge in [0.25, 0.3) is 5.92 Å². The third-order valence-corrected chi connectivity index (χ3v) is 3.15. The van der Waals surface area contributed by atoms with Crippen molar-refractivity contribution in [2.45, 2.75) is 39.2 Å². The lowest BCUT2D eigenvalue weighted by Crippen LogP contribution is -2.38. The molecule has 1 fully saturated rings. The minimum absolute atomic E-state index is 0.0453. The maximum absolute atomic E-state index is 13.0. The van der Waals surface area contributed by atoms with E-state index in [4.69, 9.17) is 4.52 Å². The summed E-state index contributed by atoms with van der Waals surface area (Å²) in [4.78, 5) is 2.03. The maximum Gasteiger partial charge on any atom is 0.250 e. The quantitative estimate of drug-likeness (QED) is 0.781. The monoisotopic (exact) mass is 230 g/mol. The smallest absolute Gasteiger partial charge is 0.250 e. The van der Waals surface area contributed by atoms with Crippen molar-refractivity contribution in [1.29, 1.82) is 0 Å². The van der Waals surface area contributed by atoms with Crippen molar-refractivity contribution in [3.05, 3.63) is 17.0 Å². The molecule has 1 aliphatic rings. The van der Waals surface area contributed by atoms with Crippen LogP contribution >= 0.6 is 0 Å². The van der Waals surface area contributed by atoms with Crippen molar-refractivity contribution < 1.29 is 13.3 Å². The summed E-state index contributed by atoms with van der Waals surface area (Å²) < 4.78 is 31.0. The number of halogens is 2. The van der Waals surface area contributed by atoms with Crippen molar-refractivity contribution >= 4 is 0 Å². The molecule has 1 aromatic rings. The molecule has 0 N–H and O–H groups in total. The predicted molar refractivity (Wildman–Crippen MR) is 55.4 cm³/mol. The Morgan fingerprint density at radius 2 is 1.94 bits per heavy atom. The van der Waals surface area contributed by atoms with Crippen molar-refractivity contribution in [3.8, 4) is 0 Å². The Morgan fingerprint density at radius 1 is 1.31 bits per heavy atom. The van der Waals surface area contributed by atoms with Gasteiger partial charge in [0, 0.05) is 38.0 Å². The molecule has 5 heteroatoms. The Hall–Kier alpha value is -0.970. The predicted octanol–water partition coefficient (Wildman–Crippen LogP) is 2.52. The van der Waals surface area contributed by atoms with Gasteiger partial charge in [0.2, 0.25) is 0 Å². The van der Waals surface area contributed by atoms with Crippen LogP contribution in [0, 0.1) is 13.8 Å². The average molecular weight is 230 g/mol. The van der Waals surface area contributed by atoms with Crippen LogP contribution in [-0.4, -0.2) is 29.1 Å². The van der Waals surface area contributed by atoms with Crippen LogP contribution in [0.25, 0.3) is 0 Å². The van der Waals surface area contributed by atoms with Crippen LogP contribution in [0.3, 0.4) is 0 Å². The Balaban J connectivity index is 1.97. The number of aryl methyl sites for hydroxylation is 2. The number of nitrogens with zero attached hydrogens (tertiary/aromatic N) is 2. The summed E-state index contributed by atoms with van der Waals surface area (Å²) in [5.41, 5.74) is 1.89. The molecule has 2 heterocycles. The maximum atomic E-state index is 13.0. The first-order chi connectivity index (χ1) is 7.48. The average Bonchev–Trinajstić information content (AvgIpc) is 2.52. The third-order valence-electron chi connectivity index (χ3n) is 3.15. The van der Waals surface area contributed by atoms with Gasteiger partial charge in [0.05, 0.1) is 5.69 Å². The lowest BCUT2D eigenvalue weighted by Gasteiger charge is -2.31. The highest BCUT2D eigenvalue weighted by Gasteiger charge is 2.34. The first kappa shape index (κ1) is 11.5. The van der Waals surface area contributed by atoms with Crippen LogP contribution in [0.4, 0.5) is 8.78 Å². The van der Waals surface area contributed by atoms with Gasteiger partial charge in [-0.3, -0.25) is 4.90 Å². The zero-order chi connectivity index (χ0) is 11.8. The lowest BCUT2D eigenvalue weighted by atomic mass is 10.1. The number of aromatic nitrogens is 1. The second-order valence-corrected chi connectivity index (χ2v) is 4.43. The molecule has 0 spiro atoms. The van der Waals surface area contributed by atoms with Crippen molar-refractivity contribution in [3.63, 3.8) is 0 Å². The molecule has 3 nitrogen and oxygen atoms in total. The van der Waals surface area contributed by atoms with E-state index >= 15 is 0 Å². The molecule has 0 saturated carbocycles. The Bertz CT molecular complexity index is 347. The Labute approximate surface area is 93.4 Å². The van der Waals surface area contributed by atoms with Crippen LogP contribution in [0.15, 0.2) is 4.52 Å². The SMILES string of the molecule is Cc1noc(C)c1CN1CCC(F)(F)CC1. The summed E-state index contributed by atoms with van der Waals surface area (Å²) in [6.07, 6.45) is -0.0905. The van der Waals surface area contributed by atoms with E-state index in [1.165, 1.54) is 0 Å². The normalized spacial score (nSPS) is 21.2. The fourth-order valence-electron chi connectivity index (χ4n) is 1.99. The summed E-state index contributed by atoms with van der Waals surface area (Å²) in [5, 5.41) is 3.86. The van der Waals surface area contributed by atoms with Gasteiger partial charge in [-0.15, -0.1) is 0 Å². The molecular weight excluding hydrogens is 214 g/mol. The fraction of sp³-hybridized carbons (Fsp3) is 0.727. The van der Waals surface area contributed by atoms with E-state index < -0.39 is 5.92 Å². The highest BCUT2D eigenvalue weighted by Crippen LogP contribution is 2.28. The molecule has 0 aliphatic carbocycles. The fourth-order valence-corrected chi connectivity index (χ4v) is 1.99. The molecule has 1 saturated heterocycles. The number of hydrogen-bond acceptors (Lipinski definition) is 3. The number of hydrogen-bond donors (Lipinski definition) is 0. The Kier molecular flexibility index (Phi) is 2.97. The molecule has 0 amide bonds. The van der Waals surface area contributed by atoms with Gasteiger partial charge in [-0.05, 0) is 13.8 Å². The number of rotatable bonds is 2. The number of likely N-dealkylation sites (tertiary alicyclic amines) is 1. The molecule has 0 unspecified atom stereocenters. The minimum atomic E-state index is -2.48. The van der Waals surface area contributed by atoms with Gasteiger partial charge < -0.3 is 4.52 Å². The van der Waals surface area contributed by atoms with Crippen LogP contribution in [0.1, 0.15) is 29.9 Å². The third kappa shape index (κ3) is 2.40. The van der Waals surface area contributed by atoms with Gasteiger partial charge >= 0.3 is 0 Å². The molecule has 0 atom stereocenters. The molecule has 90 valence electrons. The van der Waals surface area contributed by atoms with E-state index in [2.05, 4.69) is 5.16 Å². The molecular formula is C11H16F2N2O. The van der Waals surface area contributed by atoms with E-state index in [9.17, 15) is 8.78 Å². The molecule has 0 aromatic carbocycles. The van der Waals surface area contributed by atoms with Crippen LogP contribution in [0.5, 0.6) is 0 Å². The van der Waals surface area contributed by atoms with Crippen LogP contribution in [-0.2, 0) is 6.54 Å². The van der Waals surface area contributed by atoms with Gasteiger partial charge in [0.15, 0.2) is 0 Å². The van der Waals surface area contributed by atoms with E-state index in [1.807, 2.05) is 18.7 Å². The van der Waals surface area contributed by atoms with E-state index in [0.717, 1.165) is 17.0 Å². The summed E-state index contributed by atoms with van der Waals surface area (Å²) in [6, 6.07) is 0. The highest BCUT2D eigenvalue weighted by molar-refractivity contribution is 5.20. The summed E-state index contributed by atoms with van der Waals surface area (Å²) in [7, 11) is 0. The summed E-state index contributed by atoms with van der Waals surface area (Å²) in [6.45, 7) is 5.28. The lowest BCUT2D eigenvalue weighted by molar-refractivity contribution is -0.0567. The zero-order valence-corrected chi connectivity index (χ0v) is 9.59. The molecule has 0 radical (unpaired) electrons. The highest BCUT2D eigenvalue weighted by atomic mass is 19.3. The van der Waals surface area contributed by atoms with Crippen molar-refractivity contribution in [1.82, 2.24) is 10.1 Å². The summed E-state index contributed by atoms with van der Waals surface area (Å²) >= 11 is 0. The molecule has 16 heavy (non-hydrogen) atoms. The number of piperidine rings is 1. The topological polar surface area (TPSA) is 29.3 Å². The second kappa shape index (κ2) is 4.13. The number of alkyl halides is 2. The van der Waals surface area contributed by atoms with E-state index in [1.54, 1.807) is 0 Å². The van der Waals surface area contributed by atoms with Crippen LogP contribution in [0.2, 0.25) is 0 Å². The second-order valence-electron chi connectivity index (χ2n) is 4.43. The van der Waals surface area contributed by atoms with Gasteiger partial charge in [0.1, 0.15) is 5.76 Å². The largest absolute Gasteiger partial charge is 0.361 e. The van der Waals surface area contributed by atoms with Crippen molar-refractivity contribution in [2.75, 3.05) is 13.1 Å². The molecule has 0 bridgehead atoms. The molecule has 2 rings (SSSR count). The molecule has 1 aliphatic heterocycles. The first-order valence-corrected chi connectivity index (χ1v) is 5.50. The van der Waals surface area contributed by atoms with E-state index in [-0.39, 0.29) is 12.8 Å². The van der Waals surface area contributed by atoms with Gasteiger partial charge in [-0.25, -0.2) is 8.78 Å². The minimum Gasteiger partial charge on any atom is -0.361 e. The van der Waals surface area contributed by atoms with Crippen LogP contribution < -0.4 is 0 Å². The standard InChI is InChI=1S/C11H16F2N2O/c1-8-10(9(2)16-14-8)7-15-5-3-11(12,13)4-6-15/h3-7H2,1-2H3. The zero-order valence-electron chi connectivity index (χ0n) is 9.59. The molecule has 1 aromatic heterocycles. The Morgan fingerprint density at radius 3 is 2.44 bits per heavy atom.